The number of nitrogens with one attached hydrogen (secondary N) is 1. The van der Waals surface area contributed by atoms with E-state index in [9.17, 15) is 0 Å². The zero-order valence-corrected chi connectivity index (χ0v) is 12.7. The Morgan fingerprint density at radius 2 is 2.09 bits per heavy atom. The molecule has 0 radical (unpaired) electrons. The number of H-pyrrole nitrogens is 1. The molecule has 0 saturated heterocycles. The van der Waals surface area contributed by atoms with E-state index in [2.05, 4.69) is 22.3 Å². The van der Waals surface area contributed by atoms with E-state index in [-0.39, 0.29) is 0 Å². The van der Waals surface area contributed by atoms with Crippen LogP contribution in [-0.2, 0) is 0 Å². The molecule has 114 valence electrons. The summed E-state index contributed by atoms with van der Waals surface area (Å²) in [5, 5.41) is 19.4. The standard InChI is InChI=1S/C17H20N4O/c1-12-5-7-13(8-6-12)11-22-15-4-2-3-14(9-15)17-16(10-18)19-21-20-17/h2-4,9,12-13H,5-8,11H2,1H3,(H,19,20,21). The van der Waals surface area contributed by atoms with E-state index in [4.69, 9.17) is 10.00 Å². The number of nitriles is 1. The first kappa shape index (κ1) is 14.6. The summed E-state index contributed by atoms with van der Waals surface area (Å²) in [5.74, 6) is 2.33. The molecule has 1 aromatic carbocycles. The Morgan fingerprint density at radius 3 is 2.86 bits per heavy atom. The van der Waals surface area contributed by atoms with Gasteiger partial charge in [0.2, 0.25) is 0 Å². The highest BCUT2D eigenvalue weighted by Crippen LogP contribution is 2.29. The molecule has 1 aliphatic rings. The Kier molecular flexibility index (Phi) is 4.38. The molecule has 0 spiro atoms. The zero-order chi connectivity index (χ0) is 15.4. The van der Waals surface area contributed by atoms with Gasteiger partial charge in [-0.05, 0) is 36.8 Å². The summed E-state index contributed by atoms with van der Waals surface area (Å²) in [5.41, 5.74) is 1.72. The van der Waals surface area contributed by atoms with Crippen LogP contribution >= 0.6 is 0 Å². The van der Waals surface area contributed by atoms with Crippen LogP contribution in [0, 0.1) is 23.2 Å². The van der Waals surface area contributed by atoms with Crippen molar-refractivity contribution >= 4 is 0 Å². The minimum Gasteiger partial charge on any atom is -0.493 e. The van der Waals surface area contributed by atoms with Crippen LogP contribution < -0.4 is 4.74 Å². The molecular weight excluding hydrogens is 276 g/mol. The van der Waals surface area contributed by atoms with E-state index >= 15 is 0 Å². The molecule has 1 N–H and O–H groups in total. The topological polar surface area (TPSA) is 74.6 Å². The highest BCUT2D eigenvalue weighted by molar-refractivity contribution is 5.65. The lowest BCUT2D eigenvalue weighted by atomic mass is 9.83. The predicted molar refractivity (Wildman–Crippen MR) is 83.2 cm³/mol. The summed E-state index contributed by atoms with van der Waals surface area (Å²) in [4.78, 5) is 0. The van der Waals surface area contributed by atoms with Gasteiger partial charge in [-0.15, -0.1) is 5.10 Å². The molecular formula is C17H20N4O. The van der Waals surface area contributed by atoms with Crippen molar-refractivity contribution in [3.63, 3.8) is 0 Å². The van der Waals surface area contributed by atoms with Gasteiger partial charge in [-0.3, -0.25) is 0 Å². The Balaban J connectivity index is 1.66. The normalized spacial score (nSPS) is 21.3. The molecule has 1 aliphatic carbocycles. The monoisotopic (exact) mass is 296 g/mol. The van der Waals surface area contributed by atoms with Crippen LogP contribution in [0.15, 0.2) is 24.3 Å². The van der Waals surface area contributed by atoms with Crippen molar-refractivity contribution in [2.45, 2.75) is 32.6 Å². The van der Waals surface area contributed by atoms with Crippen molar-refractivity contribution in [3.05, 3.63) is 30.0 Å². The van der Waals surface area contributed by atoms with Crippen LogP contribution in [0.4, 0.5) is 0 Å². The average Bonchev–Trinajstić information content (AvgIpc) is 3.03. The summed E-state index contributed by atoms with van der Waals surface area (Å²) in [6.45, 7) is 3.09. The van der Waals surface area contributed by atoms with Gasteiger partial charge in [0.05, 0.1) is 6.61 Å². The molecule has 1 saturated carbocycles. The molecule has 1 fully saturated rings. The smallest absolute Gasteiger partial charge is 0.190 e. The van der Waals surface area contributed by atoms with Crippen molar-refractivity contribution in [3.8, 4) is 23.1 Å². The second-order valence-electron chi connectivity index (χ2n) is 6.10. The minimum atomic E-state index is 0.304. The minimum absolute atomic E-state index is 0.304. The number of aromatic nitrogens is 3. The summed E-state index contributed by atoms with van der Waals surface area (Å²) in [7, 11) is 0. The van der Waals surface area contributed by atoms with Crippen LogP contribution in [0.25, 0.3) is 11.3 Å². The lowest BCUT2D eigenvalue weighted by Gasteiger charge is -2.26. The maximum absolute atomic E-state index is 9.03. The fourth-order valence-electron chi connectivity index (χ4n) is 2.95. The largest absolute Gasteiger partial charge is 0.493 e. The SMILES string of the molecule is CC1CCC(COc2cccc(-c3n[nH]nc3C#N)c2)CC1. The van der Waals surface area contributed by atoms with Crippen LogP contribution in [0.2, 0.25) is 0 Å². The van der Waals surface area contributed by atoms with Gasteiger partial charge in [-0.25, -0.2) is 0 Å². The molecule has 0 amide bonds. The Hall–Kier alpha value is -2.35. The van der Waals surface area contributed by atoms with Crippen molar-refractivity contribution in [2.75, 3.05) is 6.61 Å². The number of rotatable bonds is 4. The highest BCUT2D eigenvalue weighted by atomic mass is 16.5. The molecule has 3 rings (SSSR count). The predicted octanol–water partition coefficient (Wildman–Crippen LogP) is 3.55. The number of benzene rings is 1. The summed E-state index contributed by atoms with van der Waals surface area (Å²) in [6.07, 6.45) is 5.11. The van der Waals surface area contributed by atoms with E-state index in [1.165, 1.54) is 25.7 Å². The van der Waals surface area contributed by atoms with Crippen LogP contribution in [0.5, 0.6) is 5.75 Å². The van der Waals surface area contributed by atoms with E-state index in [0.29, 0.717) is 17.3 Å². The molecule has 0 atom stereocenters. The molecule has 1 heterocycles. The Morgan fingerprint density at radius 1 is 1.27 bits per heavy atom. The van der Waals surface area contributed by atoms with Gasteiger partial charge in [0.15, 0.2) is 5.69 Å². The first-order valence-electron chi connectivity index (χ1n) is 7.80. The maximum Gasteiger partial charge on any atom is 0.190 e. The molecule has 0 bridgehead atoms. The number of hydrogen-bond donors (Lipinski definition) is 1. The van der Waals surface area contributed by atoms with Crippen molar-refractivity contribution in [1.29, 1.82) is 5.26 Å². The van der Waals surface area contributed by atoms with E-state index in [1.54, 1.807) is 0 Å². The van der Waals surface area contributed by atoms with Gasteiger partial charge in [0.1, 0.15) is 17.5 Å². The average molecular weight is 296 g/mol. The van der Waals surface area contributed by atoms with Crippen molar-refractivity contribution in [2.24, 2.45) is 11.8 Å². The second kappa shape index (κ2) is 6.61. The fraction of sp³-hybridized carbons (Fsp3) is 0.471. The lowest BCUT2D eigenvalue weighted by molar-refractivity contribution is 0.188. The van der Waals surface area contributed by atoms with Gasteiger partial charge in [-0.1, -0.05) is 31.9 Å². The Labute approximate surface area is 130 Å². The second-order valence-corrected chi connectivity index (χ2v) is 6.10. The van der Waals surface area contributed by atoms with E-state index < -0.39 is 0 Å². The first-order chi connectivity index (χ1) is 10.8. The molecule has 5 nitrogen and oxygen atoms in total. The summed E-state index contributed by atoms with van der Waals surface area (Å²) < 4.78 is 5.95. The molecule has 22 heavy (non-hydrogen) atoms. The zero-order valence-electron chi connectivity index (χ0n) is 12.7. The van der Waals surface area contributed by atoms with Crippen LogP contribution in [-0.4, -0.2) is 22.0 Å². The third kappa shape index (κ3) is 3.28. The third-order valence-electron chi connectivity index (χ3n) is 4.38. The fourth-order valence-corrected chi connectivity index (χ4v) is 2.95. The van der Waals surface area contributed by atoms with Gasteiger partial charge in [-0.2, -0.15) is 15.6 Å². The molecule has 1 aromatic heterocycles. The quantitative estimate of drug-likeness (QED) is 0.936. The maximum atomic E-state index is 9.03. The molecule has 2 aromatic rings. The molecule has 0 aliphatic heterocycles. The summed E-state index contributed by atoms with van der Waals surface area (Å²) >= 11 is 0. The van der Waals surface area contributed by atoms with Gasteiger partial charge in [0, 0.05) is 5.56 Å². The number of aromatic amines is 1. The molecule has 5 heteroatoms. The van der Waals surface area contributed by atoms with Crippen LogP contribution in [0.1, 0.15) is 38.3 Å². The van der Waals surface area contributed by atoms with E-state index in [1.807, 2.05) is 30.3 Å². The van der Waals surface area contributed by atoms with Gasteiger partial charge >= 0.3 is 0 Å². The lowest BCUT2D eigenvalue weighted by Crippen LogP contribution is -2.18. The van der Waals surface area contributed by atoms with Crippen LogP contribution in [0.3, 0.4) is 0 Å². The van der Waals surface area contributed by atoms with Crippen molar-refractivity contribution in [1.82, 2.24) is 15.4 Å². The number of hydrogen-bond acceptors (Lipinski definition) is 4. The van der Waals surface area contributed by atoms with Crippen molar-refractivity contribution < 1.29 is 4.74 Å². The van der Waals surface area contributed by atoms with Gasteiger partial charge < -0.3 is 4.74 Å². The first-order valence-corrected chi connectivity index (χ1v) is 7.80. The highest BCUT2D eigenvalue weighted by Gasteiger charge is 2.19. The van der Waals surface area contributed by atoms with Gasteiger partial charge in [0.25, 0.3) is 0 Å². The van der Waals surface area contributed by atoms with E-state index in [0.717, 1.165) is 23.8 Å². The third-order valence-corrected chi connectivity index (χ3v) is 4.38. The Bertz CT molecular complexity index is 665. The summed E-state index contributed by atoms with van der Waals surface area (Å²) in [6, 6.07) is 9.73. The molecule has 0 unspecified atom stereocenters. The number of ether oxygens (including phenoxy) is 1. The number of nitrogens with zero attached hydrogens (tertiary/aromatic N) is 3.